The Morgan fingerprint density at radius 3 is 2.69 bits per heavy atom. The summed E-state index contributed by atoms with van der Waals surface area (Å²) >= 11 is 0. The summed E-state index contributed by atoms with van der Waals surface area (Å²) in [6.45, 7) is 4.60. The first-order valence-electron chi connectivity index (χ1n) is 9.05. The Kier molecular flexibility index (Phi) is 7.86. The Morgan fingerprint density at radius 2 is 1.96 bits per heavy atom. The van der Waals surface area contributed by atoms with Crippen LogP contribution in [0.3, 0.4) is 0 Å². The number of fused-ring (bicyclic) bond motifs is 1. The van der Waals surface area contributed by atoms with E-state index in [0.717, 1.165) is 37.1 Å². The molecule has 0 saturated carbocycles. The maximum atomic E-state index is 4.41. The normalized spacial score (nSPS) is 14.2. The van der Waals surface area contributed by atoms with Crippen LogP contribution >= 0.6 is 24.0 Å². The molecule has 1 N–H and O–H groups in total. The molecule has 0 radical (unpaired) electrons. The van der Waals surface area contributed by atoms with E-state index >= 15 is 0 Å². The number of hydrogen-bond acceptors (Lipinski definition) is 3. The van der Waals surface area contributed by atoms with Crippen LogP contribution in [0.1, 0.15) is 42.0 Å². The second-order valence-corrected chi connectivity index (χ2v) is 6.74. The lowest BCUT2D eigenvalue weighted by atomic mass is 10.1. The van der Waals surface area contributed by atoms with Crippen LogP contribution in [0.5, 0.6) is 0 Å². The number of aromatic nitrogens is 3. The van der Waals surface area contributed by atoms with E-state index in [1.54, 1.807) is 0 Å². The highest BCUT2D eigenvalue weighted by molar-refractivity contribution is 14.0. The van der Waals surface area contributed by atoms with Gasteiger partial charge in [-0.05, 0) is 25.3 Å². The molecule has 1 aliphatic rings. The number of benzene rings is 1. The highest BCUT2D eigenvalue weighted by Gasteiger charge is 2.15. The number of rotatable bonds is 4. The summed E-state index contributed by atoms with van der Waals surface area (Å²) < 4.78 is 2.27. The molecule has 0 saturated heterocycles. The van der Waals surface area contributed by atoms with Gasteiger partial charge >= 0.3 is 0 Å². The second-order valence-electron chi connectivity index (χ2n) is 6.74. The zero-order valence-electron chi connectivity index (χ0n) is 15.9. The zero-order chi connectivity index (χ0) is 17.6. The van der Waals surface area contributed by atoms with Gasteiger partial charge in [0.2, 0.25) is 0 Å². The summed E-state index contributed by atoms with van der Waals surface area (Å²) in [5.41, 5.74) is 2.55. The molecule has 0 bridgehead atoms. The smallest absolute Gasteiger partial charge is 0.194 e. The lowest BCUT2D eigenvalue weighted by Crippen LogP contribution is -2.38. The van der Waals surface area contributed by atoms with Crippen molar-refractivity contribution < 1.29 is 0 Å². The topological polar surface area (TPSA) is 58.3 Å². The van der Waals surface area contributed by atoms with Crippen LogP contribution in [0, 0.1) is 6.92 Å². The Labute approximate surface area is 173 Å². The standard InChI is InChI=1S/C19H28N6.HI/c1-15-8-10-16(11-9-15)14-24(3)19(20-2)21-13-18-23-22-17-7-5-4-6-12-25(17)18;/h8-11H,4-7,12-14H2,1-3H3,(H,20,21);1H. The average molecular weight is 468 g/mol. The van der Waals surface area contributed by atoms with Crippen molar-refractivity contribution in [2.24, 2.45) is 4.99 Å². The number of aliphatic imine (C=N–C) groups is 1. The van der Waals surface area contributed by atoms with E-state index in [-0.39, 0.29) is 24.0 Å². The molecular formula is C19H29IN6. The van der Waals surface area contributed by atoms with Crippen molar-refractivity contribution in [3.63, 3.8) is 0 Å². The summed E-state index contributed by atoms with van der Waals surface area (Å²) in [7, 11) is 3.87. The van der Waals surface area contributed by atoms with Gasteiger partial charge in [0, 0.05) is 33.6 Å². The third-order valence-electron chi connectivity index (χ3n) is 4.70. The van der Waals surface area contributed by atoms with Gasteiger partial charge in [-0.1, -0.05) is 36.2 Å². The molecule has 0 aliphatic carbocycles. The molecule has 6 nitrogen and oxygen atoms in total. The number of halogens is 1. The zero-order valence-corrected chi connectivity index (χ0v) is 18.2. The van der Waals surface area contributed by atoms with Gasteiger partial charge in [0.05, 0.1) is 6.54 Å². The van der Waals surface area contributed by atoms with E-state index in [1.807, 2.05) is 7.05 Å². The fourth-order valence-electron chi connectivity index (χ4n) is 3.26. The molecule has 142 valence electrons. The third-order valence-corrected chi connectivity index (χ3v) is 4.70. The molecule has 0 atom stereocenters. The summed E-state index contributed by atoms with van der Waals surface area (Å²) in [5.74, 6) is 2.99. The highest BCUT2D eigenvalue weighted by Crippen LogP contribution is 2.14. The van der Waals surface area contributed by atoms with Crippen molar-refractivity contribution in [3.8, 4) is 0 Å². The van der Waals surface area contributed by atoms with Gasteiger partial charge in [0.15, 0.2) is 11.8 Å². The SMILES string of the molecule is CN=C(NCc1nnc2n1CCCCC2)N(C)Cc1ccc(C)cc1.I. The third kappa shape index (κ3) is 5.18. The van der Waals surface area contributed by atoms with Crippen LogP contribution in [-0.2, 0) is 26.1 Å². The van der Waals surface area contributed by atoms with Gasteiger partial charge in [0.1, 0.15) is 5.82 Å². The summed E-state index contributed by atoms with van der Waals surface area (Å²) in [6.07, 6.45) is 4.73. The van der Waals surface area contributed by atoms with Gasteiger partial charge in [-0.25, -0.2) is 0 Å². The molecule has 1 aromatic heterocycles. The molecule has 2 aromatic rings. The molecule has 0 amide bonds. The maximum Gasteiger partial charge on any atom is 0.194 e. The van der Waals surface area contributed by atoms with E-state index in [2.05, 4.69) is 68.2 Å². The minimum Gasteiger partial charge on any atom is -0.349 e. The number of guanidine groups is 1. The molecular weight excluding hydrogens is 439 g/mol. The van der Waals surface area contributed by atoms with Crippen molar-refractivity contribution in [2.75, 3.05) is 14.1 Å². The largest absolute Gasteiger partial charge is 0.349 e. The van der Waals surface area contributed by atoms with Crippen molar-refractivity contribution in [1.29, 1.82) is 0 Å². The molecule has 7 heteroatoms. The van der Waals surface area contributed by atoms with E-state index in [4.69, 9.17) is 0 Å². The first kappa shape index (κ1) is 20.7. The van der Waals surface area contributed by atoms with Crippen molar-refractivity contribution in [1.82, 2.24) is 25.0 Å². The average Bonchev–Trinajstić information content (AvgIpc) is 2.84. The molecule has 1 aromatic carbocycles. The second kappa shape index (κ2) is 9.89. The molecule has 1 aliphatic heterocycles. The molecule has 0 fully saturated rings. The van der Waals surface area contributed by atoms with Crippen molar-refractivity contribution >= 4 is 29.9 Å². The first-order valence-corrected chi connectivity index (χ1v) is 9.05. The lowest BCUT2D eigenvalue weighted by molar-refractivity contribution is 0.473. The van der Waals surface area contributed by atoms with Gasteiger partial charge in [-0.2, -0.15) is 0 Å². The van der Waals surface area contributed by atoms with Crippen LogP contribution in [0.2, 0.25) is 0 Å². The molecule has 0 unspecified atom stereocenters. The van der Waals surface area contributed by atoms with Crippen LogP contribution in [0.25, 0.3) is 0 Å². The summed E-state index contributed by atoms with van der Waals surface area (Å²) in [4.78, 5) is 6.54. The quantitative estimate of drug-likeness (QED) is 0.426. The molecule has 2 heterocycles. The molecule has 0 spiro atoms. The van der Waals surface area contributed by atoms with E-state index < -0.39 is 0 Å². The molecule has 26 heavy (non-hydrogen) atoms. The maximum absolute atomic E-state index is 4.41. The predicted octanol–water partition coefficient (Wildman–Crippen LogP) is 3.14. The fourth-order valence-corrected chi connectivity index (χ4v) is 3.26. The van der Waals surface area contributed by atoms with Crippen LogP contribution in [0.15, 0.2) is 29.3 Å². The van der Waals surface area contributed by atoms with Gasteiger partial charge in [-0.15, -0.1) is 34.2 Å². The van der Waals surface area contributed by atoms with E-state index in [1.165, 1.54) is 30.4 Å². The van der Waals surface area contributed by atoms with Gasteiger partial charge in [-0.3, -0.25) is 4.99 Å². The van der Waals surface area contributed by atoms with Crippen molar-refractivity contribution in [2.45, 2.75) is 52.2 Å². The van der Waals surface area contributed by atoms with Crippen molar-refractivity contribution in [3.05, 3.63) is 47.0 Å². The van der Waals surface area contributed by atoms with Gasteiger partial charge < -0.3 is 14.8 Å². The Morgan fingerprint density at radius 1 is 1.19 bits per heavy atom. The number of aryl methyl sites for hydroxylation is 2. The summed E-state index contributed by atoms with van der Waals surface area (Å²) in [6, 6.07) is 8.62. The predicted molar refractivity (Wildman–Crippen MR) is 116 cm³/mol. The highest BCUT2D eigenvalue weighted by atomic mass is 127. The van der Waals surface area contributed by atoms with E-state index in [9.17, 15) is 0 Å². The molecule has 3 rings (SSSR count). The Bertz CT molecular complexity index is 722. The van der Waals surface area contributed by atoms with Crippen LogP contribution in [0.4, 0.5) is 0 Å². The Balaban J connectivity index is 0.00000243. The number of nitrogens with one attached hydrogen (secondary N) is 1. The van der Waals surface area contributed by atoms with Gasteiger partial charge in [0.25, 0.3) is 0 Å². The monoisotopic (exact) mass is 468 g/mol. The Hall–Kier alpha value is -1.64. The first-order chi connectivity index (χ1) is 12.2. The summed E-state index contributed by atoms with van der Waals surface area (Å²) in [5, 5.41) is 12.2. The number of hydrogen-bond donors (Lipinski definition) is 1. The lowest BCUT2D eigenvalue weighted by Gasteiger charge is -2.22. The number of nitrogens with zero attached hydrogens (tertiary/aromatic N) is 5. The van der Waals surface area contributed by atoms with E-state index in [0.29, 0.717) is 6.54 Å². The van der Waals surface area contributed by atoms with Crippen LogP contribution < -0.4 is 5.32 Å². The van der Waals surface area contributed by atoms with Crippen LogP contribution in [-0.4, -0.2) is 39.7 Å². The minimum atomic E-state index is 0. The minimum absolute atomic E-state index is 0. The fraction of sp³-hybridized carbons (Fsp3) is 0.526.